The van der Waals surface area contributed by atoms with Crippen molar-refractivity contribution in [3.05, 3.63) is 142 Å². The molecular weight excluding hydrogens is 991 g/mol. The second-order valence-electron chi connectivity index (χ2n) is 19.2. The third-order valence-corrected chi connectivity index (χ3v) is 13.7. The Bertz CT molecular complexity index is 3160. The lowest BCUT2D eigenvalue weighted by molar-refractivity contribution is -0.136. The molecule has 3 aliphatic rings. The number of aromatic nitrogens is 3. The molecule has 3 N–H and O–H groups in total. The number of hydrogen-bond donors (Lipinski definition) is 3. The molecule has 1 aliphatic carbocycles. The van der Waals surface area contributed by atoms with Crippen molar-refractivity contribution in [1.29, 1.82) is 0 Å². The summed E-state index contributed by atoms with van der Waals surface area (Å²) in [5, 5.41) is 8.15. The van der Waals surface area contributed by atoms with Crippen molar-refractivity contribution in [2.45, 2.75) is 71.3 Å². The van der Waals surface area contributed by atoms with Gasteiger partial charge < -0.3 is 34.3 Å². The number of nitrogens with one attached hydrogen (secondary N) is 3. The van der Waals surface area contributed by atoms with Gasteiger partial charge in [-0.3, -0.25) is 44.2 Å². The second-order valence-corrected chi connectivity index (χ2v) is 19.2. The summed E-state index contributed by atoms with van der Waals surface area (Å²) < 4.78 is 28.6. The van der Waals surface area contributed by atoms with Crippen molar-refractivity contribution in [3.8, 4) is 39.4 Å². The number of para-hydroxylation sites is 1. The molecule has 0 spiro atoms. The molecule has 0 radical (unpaired) electrons. The number of carbonyl (C=O) groups excluding carboxylic acids is 5. The monoisotopic (exact) mass is 1060 g/mol. The Hall–Kier alpha value is -7.96. The summed E-state index contributed by atoms with van der Waals surface area (Å²) in [4.78, 5) is 78.5. The van der Waals surface area contributed by atoms with E-state index in [1.165, 1.54) is 41.7 Å². The van der Waals surface area contributed by atoms with Crippen LogP contribution < -0.4 is 20.7 Å². The van der Waals surface area contributed by atoms with E-state index in [-0.39, 0.29) is 49.3 Å². The van der Waals surface area contributed by atoms with Crippen LogP contribution in [0.25, 0.3) is 45.8 Å². The first kappa shape index (κ1) is 54.8. The minimum atomic E-state index is -1.10. The Balaban J connectivity index is 0.663. The van der Waals surface area contributed by atoms with E-state index in [0.717, 1.165) is 80.5 Å². The van der Waals surface area contributed by atoms with E-state index in [1.807, 2.05) is 48.9 Å². The summed E-state index contributed by atoms with van der Waals surface area (Å²) in [6, 6.07) is 26.7. The number of aryl methyl sites for hydroxylation is 3. The van der Waals surface area contributed by atoms with Crippen molar-refractivity contribution < 1.29 is 47.7 Å². The van der Waals surface area contributed by atoms with E-state index in [4.69, 9.17) is 33.7 Å². The van der Waals surface area contributed by atoms with Gasteiger partial charge in [-0.25, -0.2) is 4.98 Å². The van der Waals surface area contributed by atoms with Crippen LogP contribution in [0.2, 0.25) is 0 Å². The molecule has 1 fully saturated rings. The van der Waals surface area contributed by atoms with Gasteiger partial charge in [0.2, 0.25) is 17.7 Å². The average Bonchev–Trinajstić information content (AvgIpc) is 3.96. The Kier molecular flexibility index (Phi) is 18.9. The van der Waals surface area contributed by atoms with Gasteiger partial charge in [0.05, 0.1) is 94.1 Å². The number of hydrogen-bond acceptors (Lipinski definition) is 14. The van der Waals surface area contributed by atoms with E-state index in [9.17, 15) is 24.0 Å². The van der Waals surface area contributed by atoms with Crippen LogP contribution in [0.3, 0.4) is 0 Å². The number of piperidine rings is 1. The van der Waals surface area contributed by atoms with Gasteiger partial charge in [-0.15, -0.1) is 0 Å². The molecule has 3 aromatic carbocycles. The normalized spacial score (nSPS) is 15.1. The van der Waals surface area contributed by atoms with Crippen molar-refractivity contribution in [3.63, 3.8) is 0 Å². The first-order valence-electron chi connectivity index (χ1n) is 26.8. The van der Waals surface area contributed by atoms with Crippen LogP contribution in [0, 0.1) is 6.92 Å². The minimum Gasteiger partial charge on any atom is -0.493 e. The highest BCUT2D eigenvalue weighted by Gasteiger charge is 2.45. The quantitative estimate of drug-likeness (QED) is 0.0342. The van der Waals surface area contributed by atoms with Crippen LogP contribution in [0.5, 0.6) is 5.75 Å². The SMILES string of the molecule is CCCOc1ccccc1-c1cnc(-c2cnc(-c3ccc(NCCOCCOCCOCCOCCC(=O)Nc4cccc5c4C(=O)N(C4CCC(=O)NC4=O)C5=O)nc3)c(C)c2)c(/C=C/c2ccc3c(c2)CCCC3)c1. The number of imide groups is 2. The van der Waals surface area contributed by atoms with Crippen LogP contribution in [0.4, 0.5) is 11.5 Å². The molecule has 0 bridgehead atoms. The largest absolute Gasteiger partial charge is 0.493 e. The average molecular weight is 1060 g/mol. The predicted octanol–water partition coefficient (Wildman–Crippen LogP) is 8.93. The summed E-state index contributed by atoms with van der Waals surface area (Å²) in [6.45, 7) is 8.08. The van der Waals surface area contributed by atoms with E-state index in [0.29, 0.717) is 52.8 Å². The number of benzene rings is 3. The lowest BCUT2D eigenvalue weighted by Gasteiger charge is -2.27. The van der Waals surface area contributed by atoms with Gasteiger partial charge >= 0.3 is 0 Å². The zero-order chi connectivity index (χ0) is 54.2. The number of fused-ring (bicyclic) bond motifs is 2. The Labute approximate surface area is 454 Å². The summed E-state index contributed by atoms with van der Waals surface area (Å²) in [7, 11) is 0. The first-order valence-corrected chi connectivity index (χ1v) is 26.8. The summed E-state index contributed by atoms with van der Waals surface area (Å²) in [5.41, 5.74) is 11.9. The molecule has 5 amide bonds. The number of ether oxygens (including phenoxy) is 5. The van der Waals surface area contributed by atoms with Crippen LogP contribution in [0.15, 0.2) is 104 Å². The molecular formula is C61H65N7O10. The molecule has 9 rings (SSSR count). The van der Waals surface area contributed by atoms with Crippen molar-refractivity contribution >= 4 is 53.2 Å². The van der Waals surface area contributed by atoms with Gasteiger partial charge in [-0.2, -0.15) is 0 Å². The van der Waals surface area contributed by atoms with Gasteiger partial charge in [0.1, 0.15) is 17.6 Å². The van der Waals surface area contributed by atoms with Gasteiger partial charge in [0.15, 0.2) is 0 Å². The summed E-state index contributed by atoms with van der Waals surface area (Å²) >= 11 is 0. The molecule has 17 heteroatoms. The molecule has 17 nitrogen and oxygen atoms in total. The number of rotatable bonds is 26. The summed E-state index contributed by atoms with van der Waals surface area (Å²) in [6.07, 6.45) is 15.7. The number of anilines is 2. The predicted molar refractivity (Wildman–Crippen MR) is 297 cm³/mol. The maximum absolute atomic E-state index is 13.3. The van der Waals surface area contributed by atoms with Crippen LogP contribution in [0.1, 0.15) is 94.0 Å². The molecule has 6 aromatic rings. The van der Waals surface area contributed by atoms with E-state index < -0.39 is 35.6 Å². The molecule has 3 aromatic heterocycles. The zero-order valence-corrected chi connectivity index (χ0v) is 44.1. The van der Waals surface area contributed by atoms with Crippen molar-refractivity contribution in [2.75, 3.05) is 76.6 Å². The fraction of sp³-hybridized carbons (Fsp3) is 0.344. The molecule has 1 unspecified atom stereocenters. The highest BCUT2D eigenvalue weighted by Crippen LogP contribution is 2.36. The summed E-state index contributed by atoms with van der Waals surface area (Å²) in [5.74, 6) is -1.35. The fourth-order valence-corrected chi connectivity index (χ4v) is 9.74. The number of pyridine rings is 3. The van der Waals surface area contributed by atoms with Crippen LogP contribution >= 0.6 is 0 Å². The van der Waals surface area contributed by atoms with Crippen LogP contribution in [-0.4, -0.2) is 121 Å². The first-order chi connectivity index (χ1) is 38.1. The topological polar surface area (TPSA) is 210 Å². The number of nitrogens with zero attached hydrogens (tertiary/aromatic N) is 4. The van der Waals surface area contributed by atoms with E-state index in [2.05, 4.69) is 83.3 Å². The van der Waals surface area contributed by atoms with E-state index in [1.54, 1.807) is 6.07 Å². The highest BCUT2D eigenvalue weighted by molar-refractivity contribution is 6.26. The number of carbonyl (C=O) groups is 5. The Morgan fingerprint density at radius 3 is 2.15 bits per heavy atom. The third kappa shape index (κ3) is 13.8. The standard InChI is InChI=1S/C61H65N7O10/c1-3-25-78-52-14-7-6-11-48(52)46-36-44(18-16-41-15-17-42-9-4-5-10-43(42)35-41)58(65-38-46)47-34-40(2)57(64-39-47)45-19-21-53(63-37-45)62-24-27-75-29-31-77-33-32-76-30-28-74-26-23-55(70)66-50-13-8-12-49-56(50)61(73)68(60(49)72)51-20-22-54(69)67-59(51)71/h6-8,11-19,21,34-39,51H,3-5,9-10,20,22-33H2,1-2H3,(H,62,63)(H,66,70)(H,67,69,71)/b18-16+. The van der Waals surface area contributed by atoms with E-state index >= 15 is 0 Å². The van der Waals surface area contributed by atoms with Gasteiger partial charge in [0.25, 0.3) is 11.8 Å². The van der Waals surface area contributed by atoms with Gasteiger partial charge in [-0.05, 0) is 110 Å². The molecule has 1 saturated heterocycles. The Morgan fingerprint density at radius 2 is 1.40 bits per heavy atom. The lowest BCUT2D eigenvalue weighted by atomic mass is 9.90. The highest BCUT2D eigenvalue weighted by atomic mass is 16.6. The maximum atomic E-state index is 13.3. The van der Waals surface area contributed by atoms with Gasteiger partial charge in [-0.1, -0.05) is 61.5 Å². The maximum Gasteiger partial charge on any atom is 0.264 e. The minimum absolute atomic E-state index is 0.00339. The van der Waals surface area contributed by atoms with Crippen LogP contribution in [-0.2, 0) is 46.2 Å². The molecule has 78 heavy (non-hydrogen) atoms. The van der Waals surface area contributed by atoms with Crippen molar-refractivity contribution in [2.24, 2.45) is 0 Å². The fourth-order valence-electron chi connectivity index (χ4n) is 9.74. The third-order valence-electron chi connectivity index (χ3n) is 13.7. The molecule has 404 valence electrons. The molecule has 5 heterocycles. The zero-order valence-electron chi connectivity index (χ0n) is 44.1. The molecule has 2 aliphatic heterocycles. The molecule has 1 atom stereocenters. The Morgan fingerprint density at radius 1 is 0.679 bits per heavy atom. The van der Waals surface area contributed by atoms with Crippen molar-refractivity contribution in [1.82, 2.24) is 25.2 Å². The lowest BCUT2D eigenvalue weighted by Crippen LogP contribution is -2.54. The van der Waals surface area contributed by atoms with Gasteiger partial charge in [0, 0.05) is 59.4 Å². The smallest absolute Gasteiger partial charge is 0.264 e. The molecule has 0 saturated carbocycles. The number of amides is 5. The second kappa shape index (κ2) is 26.9.